The van der Waals surface area contributed by atoms with Gasteiger partial charge in [0.15, 0.2) is 0 Å². The number of hydrogen-bond donors (Lipinski definition) is 2. The van der Waals surface area contributed by atoms with Gasteiger partial charge in [-0.1, -0.05) is 41.9 Å². The van der Waals surface area contributed by atoms with Crippen LogP contribution in [-0.2, 0) is 16.0 Å². The number of nitrogens with zero attached hydrogens (tertiary/aromatic N) is 2. The van der Waals surface area contributed by atoms with Gasteiger partial charge in [0.05, 0.1) is 29.0 Å². The van der Waals surface area contributed by atoms with E-state index in [9.17, 15) is 9.90 Å². The average molecular weight is 466 g/mol. The van der Waals surface area contributed by atoms with Gasteiger partial charge in [0.2, 0.25) is 5.91 Å². The number of hydrazone groups is 1. The lowest BCUT2D eigenvalue weighted by Crippen LogP contribution is -2.35. The maximum absolute atomic E-state index is 11.1. The number of ether oxygens (including phenoxy) is 1. The van der Waals surface area contributed by atoms with Crippen molar-refractivity contribution in [2.75, 3.05) is 0 Å². The first kappa shape index (κ1) is 22.1. The third-order valence-corrected chi connectivity index (χ3v) is 6.71. The molecule has 0 radical (unpaired) electrons. The molecule has 2 fully saturated rings. The van der Waals surface area contributed by atoms with Gasteiger partial charge in [-0.25, -0.2) is 5.43 Å². The number of carbonyl (C=O) groups is 1. The summed E-state index contributed by atoms with van der Waals surface area (Å²) in [5.74, 6) is 0.493. The Bertz CT molecular complexity index is 1180. The SMILES string of the molecule is CC(=O)NN=CC1CC(O)CC(n2cc(Cc3ccc(C4CC4)cc3)c3c(Cl)cccc32)O1. The fourth-order valence-electron chi connectivity index (χ4n) is 4.66. The number of fused-ring (bicyclic) bond motifs is 1. The van der Waals surface area contributed by atoms with Gasteiger partial charge >= 0.3 is 0 Å². The Kier molecular flexibility index (Phi) is 6.23. The third kappa shape index (κ3) is 4.98. The van der Waals surface area contributed by atoms with Crippen molar-refractivity contribution in [2.24, 2.45) is 5.10 Å². The number of aliphatic hydroxyl groups excluding tert-OH is 1. The molecule has 2 aromatic carbocycles. The molecule has 172 valence electrons. The van der Waals surface area contributed by atoms with E-state index in [1.807, 2.05) is 18.2 Å². The number of aromatic nitrogens is 1. The molecular formula is C26H28ClN3O3. The van der Waals surface area contributed by atoms with Crippen LogP contribution in [0, 0.1) is 0 Å². The molecule has 2 aliphatic rings. The Hall–Kier alpha value is -2.67. The van der Waals surface area contributed by atoms with Gasteiger partial charge in [-0.3, -0.25) is 4.79 Å². The van der Waals surface area contributed by atoms with Gasteiger partial charge in [-0.2, -0.15) is 5.10 Å². The second kappa shape index (κ2) is 9.29. The van der Waals surface area contributed by atoms with Gasteiger partial charge in [-0.05, 0) is 54.0 Å². The highest BCUT2D eigenvalue weighted by atomic mass is 35.5. The average Bonchev–Trinajstić information content (AvgIpc) is 3.56. The van der Waals surface area contributed by atoms with Crippen LogP contribution in [0.4, 0.5) is 0 Å². The van der Waals surface area contributed by atoms with Crippen LogP contribution in [0.5, 0.6) is 0 Å². The van der Waals surface area contributed by atoms with Gasteiger partial charge in [-0.15, -0.1) is 0 Å². The van der Waals surface area contributed by atoms with E-state index < -0.39 is 12.2 Å². The number of benzene rings is 2. The Balaban J connectivity index is 1.44. The second-order valence-corrected chi connectivity index (χ2v) is 9.50. The molecule has 3 unspecified atom stereocenters. The van der Waals surface area contributed by atoms with E-state index in [0.717, 1.165) is 28.8 Å². The van der Waals surface area contributed by atoms with E-state index in [1.54, 1.807) is 0 Å². The number of halogens is 1. The quantitative estimate of drug-likeness (QED) is 0.400. The minimum absolute atomic E-state index is 0.250. The van der Waals surface area contributed by atoms with Crippen molar-refractivity contribution in [1.82, 2.24) is 9.99 Å². The molecule has 33 heavy (non-hydrogen) atoms. The normalized spacial score (nSPS) is 23.3. The molecule has 5 rings (SSSR count). The van der Waals surface area contributed by atoms with Crippen LogP contribution in [0.1, 0.15) is 61.4 Å². The number of aliphatic hydroxyl groups is 1. The summed E-state index contributed by atoms with van der Waals surface area (Å²) in [6.07, 6.45) is 6.59. The zero-order valence-electron chi connectivity index (χ0n) is 18.6. The van der Waals surface area contributed by atoms with Crippen LogP contribution in [0.2, 0.25) is 5.02 Å². The highest BCUT2D eigenvalue weighted by Crippen LogP contribution is 2.40. The summed E-state index contributed by atoms with van der Waals surface area (Å²) in [5.41, 5.74) is 7.16. The topological polar surface area (TPSA) is 75.9 Å². The van der Waals surface area contributed by atoms with Crippen molar-refractivity contribution in [2.45, 2.75) is 63.4 Å². The van der Waals surface area contributed by atoms with Gasteiger partial charge in [0.1, 0.15) is 6.23 Å². The summed E-state index contributed by atoms with van der Waals surface area (Å²) in [6.45, 7) is 1.40. The highest BCUT2D eigenvalue weighted by molar-refractivity contribution is 6.35. The first-order chi connectivity index (χ1) is 16.0. The fraction of sp³-hybridized carbons (Fsp3) is 0.385. The van der Waals surface area contributed by atoms with E-state index in [4.69, 9.17) is 16.3 Å². The molecule has 1 saturated heterocycles. The Morgan fingerprint density at radius 1 is 1.24 bits per heavy atom. The fourth-order valence-corrected chi connectivity index (χ4v) is 4.95. The lowest BCUT2D eigenvalue weighted by atomic mass is 10.0. The molecule has 1 saturated carbocycles. The van der Waals surface area contributed by atoms with Crippen molar-refractivity contribution < 1.29 is 14.6 Å². The van der Waals surface area contributed by atoms with E-state index in [2.05, 4.69) is 45.6 Å². The predicted octanol–water partition coefficient (Wildman–Crippen LogP) is 4.92. The van der Waals surface area contributed by atoms with Crippen LogP contribution < -0.4 is 5.43 Å². The molecule has 6 nitrogen and oxygen atoms in total. The largest absolute Gasteiger partial charge is 0.393 e. The molecule has 3 atom stereocenters. The Morgan fingerprint density at radius 3 is 2.76 bits per heavy atom. The van der Waals surface area contributed by atoms with Gasteiger partial charge < -0.3 is 14.4 Å². The number of rotatable bonds is 6. The molecule has 1 aliphatic heterocycles. The van der Waals surface area contributed by atoms with E-state index >= 15 is 0 Å². The maximum atomic E-state index is 11.1. The van der Waals surface area contributed by atoms with Crippen LogP contribution in [0.15, 0.2) is 53.8 Å². The zero-order valence-corrected chi connectivity index (χ0v) is 19.3. The molecule has 2 N–H and O–H groups in total. The summed E-state index contributed by atoms with van der Waals surface area (Å²) in [7, 11) is 0. The molecular weight excluding hydrogens is 438 g/mol. The van der Waals surface area contributed by atoms with Crippen molar-refractivity contribution in [1.29, 1.82) is 0 Å². The zero-order chi connectivity index (χ0) is 22.9. The number of carbonyl (C=O) groups excluding carboxylic acids is 1. The van der Waals surface area contributed by atoms with Crippen LogP contribution in [0.25, 0.3) is 10.9 Å². The van der Waals surface area contributed by atoms with Crippen LogP contribution in [-0.4, -0.2) is 34.0 Å². The predicted molar refractivity (Wildman–Crippen MR) is 130 cm³/mol. The summed E-state index contributed by atoms with van der Waals surface area (Å²) < 4.78 is 8.31. The molecule has 2 heterocycles. The Labute approximate surface area is 198 Å². The third-order valence-electron chi connectivity index (χ3n) is 6.39. The van der Waals surface area contributed by atoms with Gasteiger partial charge in [0, 0.05) is 31.3 Å². The van der Waals surface area contributed by atoms with Crippen molar-refractivity contribution in [3.8, 4) is 0 Å². The summed E-state index contributed by atoms with van der Waals surface area (Å²) in [5, 5.41) is 16.1. The minimum Gasteiger partial charge on any atom is -0.393 e. The second-order valence-electron chi connectivity index (χ2n) is 9.09. The molecule has 0 spiro atoms. The number of hydrogen-bond acceptors (Lipinski definition) is 4. The molecule has 1 aromatic heterocycles. The van der Waals surface area contributed by atoms with Gasteiger partial charge in [0.25, 0.3) is 0 Å². The summed E-state index contributed by atoms with van der Waals surface area (Å²) in [4.78, 5) is 11.1. The van der Waals surface area contributed by atoms with E-state index in [0.29, 0.717) is 17.9 Å². The lowest BCUT2D eigenvalue weighted by Gasteiger charge is -2.32. The lowest BCUT2D eigenvalue weighted by molar-refractivity contribution is -0.118. The van der Waals surface area contributed by atoms with E-state index in [-0.39, 0.29) is 12.1 Å². The molecule has 0 bridgehead atoms. The molecule has 1 amide bonds. The number of nitrogens with one attached hydrogen (secondary N) is 1. The number of amides is 1. The maximum Gasteiger partial charge on any atom is 0.236 e. The standard InChI is InChI=1S/C26H28ClN3O3/c1-16(31)29-28-14-22-12-21(32)13-25(33-22)30-15-20(26-23(27)3-2-4-24(26)30)11-17-5-7-18(8-6-17)19-9-10-19/h2-8,14-15,19,21-22,25,32H,9-13H2,1H3,(H,29,31). The van der Waals surface area contributed by atoms with Crippen molar-refractivity contribution >= 4 is 34.6 Å². The van der Waals surface area contributed by atoms with Crippen LogP contribution in [0.3, 0.4) is 0 Å². The monoisotopic (exact) mass is 465 g/mol. The van der Waals surface area contributed by atoms with E-state index in [1.165, 1.54) is 37.1 Å². The highest BCUT2D eigenvalue weighted by Gasteiger charge is 2.30. The summed E-state index contributed by atoms with van der Waals surface area (Å²) in [6, 6.07) is 14.8. The van der Waals surface area contributed by atoms with Crippen molar-refractivity contribution in [3.63, 3.8) is 0 Å². The molecule has 7 heteroatoms. The molecule has 3 aromatic rings. The Morgan fingerprint density at radius 2 is 2.03 bits per heavy atom. The smallest absolute Gasteiger partial charge is 0.236 e. The summed E-state index contributed by atoms with van der Waals surface area (Å²) >= 11 is 6.65. The minimum atomic E-state index is -0.535. The molecule has 1 aliphatic carbocycles. The van der Waals surface area contributed by atoms with Crippen molar-refractivity contribution in [3.05, 3.63) is 70.4 Å². The first-order valence-corrected chi connectivity index (χ1v) is 11.9. The van der Waals surface area contributed by atoms with Crippen LogP contribution >= 0.6 is 11.6 Å². The first-order valence-electron chi connectivity index (χ1n) is 11.5.